The Labute approximate surface area is 200 Å². The average Bonchev–Trinajstić information content (AvgIpc) is 3.24. The molecule has 1 fully saturated rings. The van der Waals surface area contributed by atoms with Crippen LogP contribution in [0, 0.1) is 0 Å². The zero-order valence-electron chi connectivity index (χ0n) is 19.0. The standard InChI is InChI=1S/C24H25ClN6O3/c1-28-21-20(22(32)27-24(28)33)31(15-16-5-3-4-6-19(16)25)23(26-21)30-13-11-29(12-14-30)17-7-9-18(34-2)10-8-17/h3-10H,11-15H2,1-2H3,(H,27,32,33). The first-order valence-corrected chi connectivity index (χ1v) is 11.4. The van der Waals surface area contributed by atoms with E-state index < -0.39 is 11.2 Å². The van der Waals surface area contributed by atoms with Crippen molar-refractivity contribution in [2.45, 2.75) is 6.54 Å². The number of halogens is 1. The summed E-state index contributed by atoms with van der Waals surface area (Å²) in [7, 11) is 3.27. The Balaban J connectivity index is 1.51. The zero-order chi connectivity index (χ0) is 23.8. The van der Waals surface area contributed by atoms with E-state index in [9.17, 15) is 9.59 Å². The number of benzene rings is 2. The van der Waals surface area contributed by atoms with Gasteiger partial charge in [-0.2, -0.15) is 4.98 Å². The lowest BCUT2D eigenvalue weighted by Crippen LogP contribution is -2.47. The number of nitrogens with zero attached hydrogens (tertiary/aromatic N) is 5. The van der Waals surface area contributed by atoms with Crippen LogP contribution in [0.2, 0.25) is 5.02 Å². The lowest BCUT2D eigenvalue weighted by molar-refractivity contribution is 0.415. The SMILES string of the molecule is COc1ccc(N2CCN(c3nc4c(c(=O)[nH]c(=O)n4C)n3Cc3ccccc3Cl)CC2)cc1. The third-order valence-electron chi connectivity index (χ3n) is 6.27. The first kappa shape index (κ1) is 22.1. The van der Waals surface area contributed by atoms with Crippen LogP contribution in [0.4, 0.5) is 11.6 Å². The fourth-order valence-corrected chi connectivity index (χ4v) is 4.56. The molecule has 5 rings (SSSR count). The van der Waals surface area contributed by atoms with Gasteiger partial charge in [0.2, 0.25) is 5.95 Å². The summed E-state index contributed by atoms with van der Waals surface area (Å²) in [6.45, 7) is 3.37. The van der Waals surface area contributed by atoms with Gasteiger partial charge >= 0.3 is 5.69 Å². The van der Waals surface area contributed by atoms with E-state index in [1.54, 1.807) is 14.2 Å². The highest BCUT2D eigenvalue weighted by atomic mass is 35.5. The Kier molecular flexibility index (Phi) is 5.79. The van der Waals surface area contributed by atoms with Crippen LogP contribution >= 0.6 is 11.6 Å². The van der Waals surface area contributed by atoms with Gasteiger partial charge in [0.15, 0.2) is 11.2 Å². The van der Waals surface area contributed by atoms with Gasteiger partial charge in [0, 0.05) is 43.9 Å². The van der Waals surface area contributed by atoms with Crippen molar-refractivity contribution in [3.05, 3.63) is 80.0 Å². The third kappa shape index (κ3) is 3.92. The number of piperazine rings is 1. The van der Waals surface area contributed by atoms with Crippen LogP contribution in [0.1, 0.15) is 5.56 Å². The van der Waals surface area contributed by atoms with E-state index in [4.69, 9.17) is 21.3 Å². The van der Waals surface area contributed by atoms with Crippen molar-refractivity contribution < 1.29 is 4.74 Å². The molecule has 176 valence electrons. The molecule has 9 nitrogen and oxygen atoms in total. The number of aromatic nitrogens is 4. The van der Waals surface area contributed by atoms with Gasteiger partial charge in [-0.1, -0.05) is 29.8 Å². The highest BCUT2D eigenvalue weighted by Crippen LogP contribution is 2.26. The molecule has 0 spiro atoms. The number of hydrogen-bond donors (Lipinski definition) is 1. The van der Waals surface area contributed by atoms with Gasteiger partial charge in [-0.05, 0) is 35.9 Å². The summed E-state index contributed by atoms with van der Waals surface area (Å²) in [5.74, 6) is 1.47. The molecule has 3 heterocycles. The second-order valence-corrected chi connectivity index (χ2v) is 8.66. The third-order valence-corrected chi connectivity index (χ3v) is 6.64. The number of aryl methyl sites for hydroxylation is 1. The van der Waals surface area contributed by atoms with Crippen LogP contribution in [0.15, 0.2) is 58.1 Å². The van der Waals surface area contributed by atoms with Gasteiger partial charge in [0.1, 0.15) is 5.75 Å². The van der Waals surface area contributed by atoms with E-state index in [2.05, 4.69) is 26.9 Å². The number of imidazole rings is 1. The minimum absolute atomic E-state index is 0.355. The van der Waals surface area contributed by atoms with Crippen LogP contribution in [0.25, 0.3) is 11.2 Å². The van der Waals surface area contributed by atoms with E-state index in [0.717, 1.165) is 30.1 Å². The molecule has 0 saturated carbocycles. The Morgan fingerprint density at radius 3 is 2.35 bits per heavy atom. The molecule has 0 unspecified atom stereocenters. The summed E-state index contributed by atoms with van der Waals surface area (Å²) in [5, 5.41) is 0.612. The Morgan fingerprint density at radius 1 is 1.00 bits per heavy atom. The molecule has 2 aromatic carbocycles. The molecule has 1 N–H and O–H groups in total. The zero-order valence-corrected chi connectivity index (χ0v) is 19.7. The number of H-pyrrole nitrogens is 1. The number of ether oxygens (including phenoxy) is 1. The minimum Gasteiger partial charge on any atom is -0.497 e. The van der Waals surface area contributed by atoms with Gasteiger partial charge in [-0.3, -0.25) is 18.9 Å². The largest absolute Gasteiger partial charge is 0.497 e. The molecule has 1 aliphatic rings. The lowest BCUT2D eigenvalue weighted by Gasteiger charge is -2.36. The maximum absolute atomic E-state index is 12.8. The number of nitrogens with one attached hydrogen (secondary N) is 1. The summed E-state index contributed by atoms with van der Waals surface area (Å²) in [6, 6.07) is 15.5. The normalized spacial score (nSPS) is 14.1. The molecule has 34 heavy (non-hydrogen) atoms. The summed E-state index contributed by atoms with van der Waals surface area (Å²) < 4.78 is 8.49. The van der Waals surface area contributed by atoms with Crippen molar-refractivity contribution in [1.82, 2.24) is 19.1 Å². The summed E-state index contributed by atoms with van der Waals surface area (Å²) in [4.78, 5) is 36.7. The quantitative estimate of drug-likeness (QED) is 0.472. The molecule has 4 aromatic rings. The predicted molar refractivity (Wildman–Crippen MR) is 134 cm³/mol. The van der Waals surface area contributed by atoms with Crippen molar-refractivity contribution in [1.29, 1.82) is 0 Å². The molecule has 1 saturated heterocycles. The maximum Gasteiger partial charge on any atom is 0.329 e. The van der Waals surface area contributed by atoms with Crippen LogP contribution in [-0.4, -0.2) is 52.4 Å². The van der Waals surface area contributed by atoms with Gasteiger partial charge < -0.3 is 14.5 Å². The predicted octanol–water partition coefficient (Wildman–Crippen LogP) is 2.46. The van der Waals surface area contributed by atoms with Crippen molar-refractivity contribution >= 4 is 34.4 Å². The first-order valence-electron chi connectivity index (χ1n) is 11.0. The van der Waals surface area contributed by atoms with Crippen LogP contribution in [0.5, 0.6) is 5.75 Å². The monoisotopic (exact) mass is 480 g/mol. The van der Waals surface area contributed by atoms with Crippen LogP contribution in [0.3, 0.4) is 0 Å². The number of rotatable bonds is 5. The van der Waals surface area contributed by atoms with E-state index in [1.165, 1.54) is 4.57 Å². The van der Waals surface area contributed by atoms with E-state index in [1.807, 2.05) is 41.0 Å². The Hall–Kier alpha value is -3.72. The van der Waals surface area contributed by atoms with Gasteiger partial charge in [-0.15, -0.1) is 0 Å². The van der Waals surface area contributed by atoms with Crippen molar-refractivity contribution in [2.24, 2.45) is 7.05 Å². The summed E-state index contributed by atoms with van der Waals surface area (Å²) in [6.07, 6.45) is 0. The molecule has 0 atom stereocenters. The van der Waals surface area contributed by atoms with Gasteiger partial charge in [0.25, 0.3) is 5.56 Å². The molecule has 1 aliphatic heterocycles. The van der Waals surface area contributed by atoms with Crippen molar-refractivity contribution in [3.8, 4) is 5.75 Å². The van der Waals surface area contributed by atoms with Crippen molar-refractivity contribution in [3.63, 3.8) is 0 Å². The second-order valence-electron chi connectivity index (χ2n) is 8.25. The van der Waals surface area contributed by atoms with Crippen LogP contribution < -0.4 is 25.8 Å². The van der Waals surface area contributed by atoms with E-state index in [0.29, 0.717) is 41.8 Å². The summed E-state index contributed by atoms with van der Waals surface area (Å²) in [5.41, 5.74) is 1.76. The number of aromatic amines is 1. The fourth-order valence-electron chi connectivity index (χ4n) is 4.37. The average molecular weight is 481 g/mol. The molecule has 0 amide bonds. The smallest absolute Gasteiger partial charge is 0.329 e. The molecule has 0 aliphatic carbocycles. The number of methoxy groups -OCH3 is 1. The fraction of sp³-hybridized carbons (Fsp3) is 0.292. The highest BCUT2D eigenvalue weighted by Gasteiger charge is 2.25. The van der Waals surface area contributed by atoms with Crippen LogP contribution in [-0.2, 0) is 13.6 Å². The van der Waals surface area contributed by atoms with E-state index in [-0.39, 0.29) is 0 Å². The van der Waals surface area contributed by atoms with Gasteiger partial charge in [-0.25, -0.2) is 4.79 Å². The molecule has 10 heteroatoms. The molecule has 2 aromatic heterocycles. The van der Waals surface area contributed by atoms with Gasteiger partial charge in [0.05, 0.1) is 13.7 Å². The molecule has 0 radical (unpaired) electrons. The lowest BCUT2D eigenvalue weighted by atomic mass is 10.2. The Bertz CT molecular complexity index is 1450. The molecular formula is C24H25ClN6O3. The second kappa shape index (κ2) is 8.90. The van der Waals surface area contributed by atoms with E-state index >= 15 is 0 Å². The number of anilines is 2. The highest BCUT2D eigenvalue weighted by molar-refractivity contribution is 6.31. The molecular weight excluding hydrogens is 456 g/mol. The molecule has 0 bridgehead atoms. The first-order chi connectivity index (χ1) is 16.5. The van der Waals surface area contributed by atoms with Crippen molar-refractivity contribution in [2.75, 3.05) is 43.1 Å². The number of fused-ring (bicyclic) bond motifs is 1. The maximum atomic E-state index is 12.8. The topological polar surface area (TPSA) is 88.4 Å². The minimum atomic E-state index is -0.490. The number of hydrogen-bond acceptors (Lipinski definition) is 6. The summed E-state index contributed by atoms with van der Waals surface area (Å²) >= 11 is 6.43. The Morgan fingerprint density at radius 2 is 1.68 bits per heavy atom.